The molecule has 0 aliphatic heterocycles. The van der Waals surface area contributed by atoms with Crippen LogP contribution in [0.4, 0.5) is 8.78 Å². The second kappa shape index (κ2) is 5.16. The topological polar surface area (TPSA) is 17.1 Å². The van der Waals surface area contributed by atoms with E-state index in [2.05, 4.69) is 31.9 Å². The molecule has 1 nitrogen and oxygen atoms in total. The van der Waals surface area contributed by atoms with Crippen molar-refractivity contribution in [3.05, 3.63) is 33.8 Å². The fourth-order valence-electron chi connectivity index (χ4n) is 1.06. The Kier molecular flexibility index (Phi) is 4.40. The largest absolute Gasteiger partial charge is 0.299 e. The lowest BCUT2D eigenvalue weighted by atomic mass is 10.1. The van der Waals surface area contributed by atoms with Crippen molar-refractivity contribution in [1.29, 1.82) is 0 Å². The summed E-state index contributed by atoms with van der Waals surface area (Å²) in [5, 5.41) is 0. The highest BCUT2D eigenvalue weighted by atomic mass is 79.9. The molecule has 0 aliphatic carbocycles. The molecule has 0 N–H and O–H groups in total. The number of rotatable bonds is 3. The molecule has 0 aromatic heterocycles. The number of Topliss-reactive ketones (excluding diaryl/α,β-unsaturated/α-hetero) is 1. The number of benzene rings is 1. The number of carbonyl (C=O) groups is 1. The third kappa shape index (κ3) is 3.34. The standard InChI is InChI=1S/C10H8Br2F2O/c1-5(15)7(11)2-6-3-8(12)10(14)4-9(6)13/h3-4,7H,2H2,1H3. The zero-order valence-electron chi connectivity index (χ0n) is 7.86. The quantitative estimate of drug-likeness (QED) is 0.606. The molecule has 82 valence electrons. The maximum absolute atomic E-state index is 13.3. The van der Waals surface area contributed by atoms with Crippen LogP contribution in [0.5, 0.6) is 0 Å². The first-order valence-electron chi connectivity index (χ1n) is 4.19. The van der Waals surface area contributed by atoms with E-state index in [4.69, 9.17) is 0 Å². The van der Waals surface area contributed by atoms with Gasteiger partial charge in [-0.25, -0.2) is 8.78 Å². The van der Waals surface area contributed by atoms with Gasteiger partial charge in [0.15, 0.2) is 0 Å². The number of halogens is 4. The average Bonchev–Trinajstić information content (AvgIpc) is 2.13. The van der Waals surface area contributed by atoms with Crippen molar-refractivity contribution >= 4 is 37.6 Å². The van der Waals surface area contributed by atoms with Crippen molar-refractivity contribution in [2.24, 2.45) is 0 Å². The summed E-state index contributed by atoms with van der Waals surface area (Å²) in [7, 11) is 0. The van der Waals surface area contributed by atoms with Gasteiger partial charge in [0.25, 0.3) is 0 Å². The molecule has 0 aliphatic rings. The van der Waals surface area contributed by atoms with Gasteiger partial charge in [-0.05, 0) is 40.9 Å². The minimum absolute atomic E-state index is 0.0881. The van der Waals surface area contributed by atoms with Crippen LogP contribution in [0.25, 0.3) is 0 Å². The summed E-state index contributed by atoms with van der Waals surface area (Å²) >= 11 is 6.10. The Morgan fingerprint density at radius 1 is 1.40 bits per heavy atom. The van der Waals surface area contributed by atoms with Crippen LogP contribution in [-0.4, -0.2) is 10.6 Å². The summed E-state index contributed by atoms with van der Waals surface area (Å²) in [4.78, 5) is 10.5. The third-order valence-electron chi connectivity index (χ3n) is 1.93. The summed E-state index contributed by atoms with van der Waals surface area (Å²) in [6.45, 7) is 1.41. The zero-order chi connectivity index (χ0) is 11.6. The van der Waals surface area contributed by atoms with Crippen molar-refractivity contribution in [2.75, 3.05) is 0 Å². The molecule has 0 heterocycles. The van der Waals surface area contributed by atoms with E-state index in [9.17, 15) is 13.6 Å². The predicted octanol–water partition coefficient (Wildman–Crippen LogP) is 3.62. The second-order valence-corrected chi connectivity index (χ2v) is 5.10. The van der Waals surface area contributed by atoms with E-state index in [1.165, 1.54) is 13.0 Å². The van der Waals surface area contributed by atoms with E-state index in [0.29, 0.717) is 5.56 Å². The smallest absolute Gasteiger partial charge is 0.143 e. The number of alkyl halides is 1. The number of hydrogen-bond donors (Lipinski definition) is 0. The van der Waals surface area contributed by atoms with Gasteiger partial charge in [-0.3, -0.25) is 4.79 Å². The molecule has 0 amide bonds. The van der Waals surface area contributed by atoms with Crippen LogP contribution in [-0.2, 0) is 11.2 Å². The van der Waals surface area contributed by atoms with Crippen molar-refractivity contribution in [3.8, 4) is 0 Å². The highest BCUT2D eigenvalue weighted by molar-refractivity contribution is 9.10. The maximum atomic E-state index is 13.3. The average molecular weight is 342 g/mol. The Morgan fingerprint density at radius 2 is 2.00 bits per heavy atom. The summed E-state index contributed by atoms with van der Waals surface area (Å²) in [5.74, 6) is -1.37. The SMILES string of the molecule is CC(=O)C(Br)Cc1cc(Br)c(F)cc1F. The van der Waals surface area contributed by atoms with Gasteiger partial charge in [0, 0.05) is 6.07 Å². The molecule has 5 heteroatoms. The van der Waals surface area contributed by atoms with Gasteiger partial charge in [0.1, 0.15) is 17.4 Å². The summed E-state index contributed by atoms with van der Waals surface area (Å²) in [6.07, 6.45) is 0.208. The number of ketones is 1. The maximum Gasteiger partial charge on any atom is 0.143 e. The van der Waals surface area contributed by atoms with Crippen molar-refractivity contribution in [1.82, 2.24) is 0 Å². The molecule has 1 unspecified atom stereocenters. The molecule has 0 radical (unpaired) electrons. The van der Waals surface area contributed by atoms with Crippen molar-refractivity contribution in [2.45, 2.75) is 18.2 Å². The second-order valence-electron chi connectivity index (χ2n) is 3.14. The normalized spacial score (nSPS) is 12.6. The Morgan fingerprint density at radius 3 is 2.53 bits per heavy atom. The lowest BCUT2D eigenvalue weighted by Crippen LogP contribution is -2.13. The molecular formula is C10H8Br2F2O. The van der Waals surface area contributed by atoms with Crippen LogP contribution in [0.15, 0.2) is 16.6 Å². The van der Waals surface area contributed by atoms with Gasteiger partial charge in [-0.1, -0.05) is 15.9 Å². The summed E-state index contributed by atoms with van der Waals surface area (Å²) in [6, 6.07) is 2.15. The first-order valence-corrected chi connectivity index (χ1v) is 5.90. The van der Waals surface area contributed by atoms with Gasteiger partial charge in [0.05, 0.1) is 9.30 Å². The van der Waals surface area contributed by atoms with E-state index in [1.807, 2.05) is 0 Å². The minimum atomic E-state index is -0.648. The van der Waals surface area contributed by atoms with Crippen LogP contribution in [0.1, 0.15) is 12.5 Å². The summed E-state index contributed by atoms with van der Waals surface area (Å²) in [5.41, 5.74) is 0.306. The van der Waals surface area contributed by atoms with Crippen LogP contribution in [0, 0.1) is 11.6 Å². The minimum Gasteiger partial charge on any atom is -0.299 e. The van der Waals surface area contributed by atoms with E-state index >= 15 is 0 Å². The van der Waals surface area contributed by atoms with E-state index in [0.717, 1.165) is 6.07 Å². The molecule has 0 saturated carbocycles. The van der Waals surface area contributed by atoms with Gasteiger partial charge < -0.3 is 0 Å². The van der Waals surface area contributed by atoms with Crippen LogP contribution in [0.3, 0.4) is 0 Å². The molecule has 0 spiro atoms. The molecule has 0 saturated heterocycles. The van der Waals surface area contributed by atoms with Gasteiger partial charge >= 0.3 is 0 Å². The highest BCUT2D eigenvalue weighted by Crippen LogP contribution is 2.22. The molecule has 1 rings (SSSR count). The fraction of sp³-hybridized carbons (Fsp3) is 0.300. The van der Waals surface area contributed by atoms with E-state index in [1.54, 1.807) is 0 Å². The Balaban J connectivity index is 2.95. The Hall–Kier alpha value is -0.290. The Bertz CT molecular complexity index is 393. The number of carbonyl (C=O) groups excluding carboxylic acids is 1. The fourth-order valence-corrected chi connectivity index (χ4v) is 1.80. The zero-order valence-corrected chi connectivity index (χ0v) is 11.0. The summed E-state index contributed by atoms with van der Waals surface area (Å²) < 4.78 is 26.3. The van der Waals surface area contributed by atoms with Crippen LogP contribution >= 0.6 is 31.9 Å². The molecule has 1 atom stereocenters. The third-order valence-corrected chi connectivity index (χ3v) is 3.51. The van der Waals surface area contributed by atoms with Crippen LogP contribution in [0.2, 0.25) is 0 Å². The van der Waals surface area contributed by atoms with E-state index in [-0.39, 0.29) is 16.7 Å². The molecule has 15 heavy (non-hydrogen) atoms. The monoisotopic (exact) mass is 340 g/mol. The van der Waals surface area contributed by atoms with Gasteiger partial charge in [-0.2, -0.15) is 0 Å². The molecule has 0 fully saturated rings. The molecule has 1 aromatic rings. The molecular weight excluding hydrogens is 334 g/mol. The predicted molar refractivity (Wildman–Crippen MR) is 61.2 cm³/mol. The van der Waals surface area contributed by atoms with Crippen molar-refractivity contribution < 1.29 is 13.6 Å². The number of hydrogen-bond acceptors (Lipinski definition) is 1. The molecule has 1 aromatic carbocycles. The lowest BCUT2D eigenvalue weighted by Gasteiger charge is -2.08. The van der Waals surface area contributed by atoms with Gasteiger partial charge in [0.2, 0.25) is 0 Å². The first-order chi connectivity index (χ1) is 6.91. The Labute approximate surface area is 103 Å². The first kappa shape index (κ1) is 12.8. The lowest BCUT2D eigenvalue weighted by molar-refractivity contribution is -0.116. The molecule has 0 bridgehead atoms. The highest BCUT2D eigenvalue weighted by Gasteiger charge is 2.15. The van der Waals surface area contributed by atoms with Crippen molar-refractivity contribution in [3.63, 3.8) is 0 Å². The van der Waals surface area contributed by atoms with Gasteiger partial charge in [-0.15, -0.1) is 0 Å². The van der Waals surface area contributed by atoms with E-state index < -0.39 is 16.5 Å². The van der Waals surface area contributed by atoms with Crippen LogP contribution < -0.4 is 0 Å².